The van der Waals surface area contributed by atoms with Gasteiger partial charge in [-0.1, -0.05) is 6.07 Å². The molecule has 4 fully saturated rings. The monoisotopic (exact) mass is 281 g/mol. The highest BCUT2D eigenvalue weighted by Gasteiger charge is 2.50. The standard InChI is InChI=1S/C18H23N3/c1-2-4-21-16(11-19-17(21)3-1)12-20-18-8-13-5-14(9-18)7-15(6-13)10-18/h1-4,11,13-15,20H,5-10,12H2. The van der Waals surface area contributed by atoms with Crippen molar-refractivity contribution in [3.8, 4) is 0 Å². The molecule has 4 bridgehead atoms. The van der Waals surface area contributed by atoms with Gasteiger partial charge in [0.25, 0.3) is 0 Å². The first-order valence-corrected chi connectivity index (χ1v) is 8.46. The minimum Gasteiger partial charge on any atom is -0.306 e. The highest BCUT2D eigenvalue weighted by molar-refractivity contribution is 5.39. The second-order valence-corrected chi connectivity index (χ2v) is 7.73. The van der Waals surface area contributed by atoms with Gasteiger partial charge in [-0.05, 0) is 68.4 Å². The van der Waals surface area contributed by atoms with Crippen LogP contribution in [-0.4, -0.2) is 14.9 Å². The highest BCUT2D eigenvalue weighted by atomic mass is 15.1. The zero-order chi connectivity index (χ0) is 13.9. The molecule has 4 saturated carbocycles. The summed E-state index contributed by atoms with van der Waals surface area (Å²) in [6.07, 6.45) is 12.9. The topological polar surface area (TPSA) is 29.3 Å². The normalized spacial score (nSPS) is 37.4. The second-order valence-electron chi connectivity index (χ2n) is 7.73. The molecule has 21 heavy (non-hydrogen) atoms. The van der Waals surface area contributed by atoms with Crippen LogP contribution in [0.1, 0.15) is 44.2 Å². The number of nitrogens with zero attached hydrogens (tertiary/aromatic N) is 2. The molecule has 1 N–H and O–H groups in total. The first-order valence-electron chi connectivity index (χ1n) is 8.46. The number of imidazole rings is 1. The largest absolute Gasteiger partial charge is 0.306 e. The molecule has 6 rings (SSSR count). The predicted molar refractivity (Wildman–Crippen MR) is 82.9 cm³/mol. The fraction of sp³-hybridized carbons (Fsp3) is 0.611. The maximum Gasteiger partial charge on any atom is 0.136 e. The lowest BCUT2D eigenvalue weighted by Gasteiger charge is -2.57. The number of aromatic nitrogens is 2. The van der Waals surface area contributed by atoms with E-state index in [0.717, 1.165) is 29.9 Å². The molecule has 0 spiro atoms. The summed E-state index contributed by atoms with van der Waals surface area (Å²) >= 11 is 0. The Hall–Kier alpha value is -1.35. The Morgan fingerprint density at radius 3 is 2.52 bits per heavy atom. The minimum atomic E-state index is 0.438. The van der Waals surface area contributed by atoms with Crippen LogP contribution >= 0.6 is 0 Å². The number of nitrogens with one attached hydrogen (secondary N) is 1. The lowest BCUT2D eigenvalue weighted by molar-refractivity contribution is -0.0207. The number of fused-ring (bicyclic) bond motifs is 1. The average molecular weight is 281 g/mol. The van der Waals surface area contributed by atoms with Crippen molar-refractivity contribution in [1.82, 2.24) is 14.7 Å². The fourth-order valence-electron chi connectivity index (χ4n) is 5.72. The lowest BCUT2D eigenvalue weighted by atomic mass is 9.53. The van der Waals surface area contributed by atoms with Crippen LogP contribution in [0, 0.1) is 17.8 Å². The van der Waals surface area contributed by atoms with Crippen LogP contribution in [0.15, 0.2) is 30.6 Å². The summed E-state index contributed by atoms with van der Waals surface area (Å²) in [5, 5.41) is 3.96. The van der Waals surface area contributed by atoms with Crippen LogP contribution < -0.4 is 5.32 Å². The van der Waals surface area contributed by atoms with E-state index < -0.39 is 0 Å². The van der Waals surface area contributed by atoms with Crippen LogP contribution in [-0.2, 0) is 6.54 Å². The summed E-state index contributed by atoms with van der Waals surface area (Å²) in [6, 6.07) is 6.22. The summed E-state index contributed by atoms with van der Waals surface area (Å²) in [5.41, 5.74) is 2.79. The van der Waals surface area contributed by atoms with E-state index in [4.69, 9.17) is 0 Å². The van der Waals surface area contributed by atoms with Gasteiger partial charge >= 0.3 is 0 Å². The summed E-state index contributed by atoms with van der Waals surface area (Å²) in [5.74, 6) is 3.02. The van der Waals surface area contributed by atoms with E-state index in [0.29, 0.717) is 5.54 Å². The third-order valence-electron chi connectivity index (χ3n) is 6.18. The Labute approximate surface area is 125 Å². The van der Waals surface area contributed by atoms with Crippen molar-refractivity contribution in [3.05, 3.63) is 36.3 Å². The van der Waals surface area contributed by atoms with Crippen molar-refractivity contribution in [3.63, 3.8) is 0 Å². The van der Waals surface area contributed by atoms with Gasteiger partial charge in [0, 0.05) is 18.3 Å². The number of hydrogen-bond acceptors (Lipinski definition) is 2. The Kier molecular flexibility index (Phi) is 2.52. The quantitative estimate of drug-likeness (QED) is 0.934. The van der Waals surface area contributed by atoms with E-state index in [-0.39, 0.29) is 0 Å². The molecule has 0 unspecified atom stereocenters. The second kappa shape index (κ2) is 4.33. The SMILES string of the molecule is c1ccn2c(CNC34CC5CC(CC(C5)C3)C4)cnc2c1. The molecule has 0 amide bonds. The molecule has 4 aliphatic rings. The molecule has 0 aliphatic heterocycles. The molecular formula is C18H23N3. The number of hydrogen-bond donors (Lipinski definition) is 1. The summed E-state index contributed by atoms with van der Waals surface area (Å²) in [4.78, 5) is 4.51. The molecular weight excluding hydrogens is 258 g/mol. The number of rotatable bonds is 3. The first kappa shape index (κ1) is 12.2. The van der Waals surface area contributed by atoms with Crippen molar-refractivity contribution in [2.24, 2.45) is 17.8 Å². The van der Waals surface area contributed by atoms with Crippen LogP contribution in [0.25, 0.3) is 5.65 Å². The van der Waals surface area contributed by atoms with Crippen LogP contribution in [0.3, 0.4) is 0 Å². The molecule has 0 radical (unpaired) electrons. The zero-order valence-corrected chi connectivity index (χ0v) is 12.5. The Morgan fingerprint density at radius 1 is 1.10 bits per heavy atom. The molecule has 2 heterocycles. The minimum absolute atomic E-state index is 0.438. The van der Waals surface area contributed by atoms with Gasteiger partial charge in [-0.25, -0.2) is 4.98 Å². The molecule has 2 aromatic heterocycles. The van der Waals surface area contributed by atoms with Crippen molar-refractivity contribution >= 4 is 5.65 Å². The summed E-state index contributed by atoms with van der Waals surface area (Å²) in [7, 11) is 0. The number of pyridine rings is 1. The van der Waals surface area contributed by atoms with E-state index >= 15 is 0 Å². The van der Waals surface area contributed by atoms with Gasteiger partial charge in [0.2, 0.25) is 0 Å². The van der Waals surface area contributed by atoms with Gasteiger partial charge in [-0.2, -0.15) is 0 Å². The van der Waals surface area contributed by atoms with Crippen LogP contribution in [0.2, 0.25) is 0 Å². The van der Waals surface area contributed by atoms with Crippen LogP contribution in [0.4, 0.5) is 0 Å². The zero-order valence-electron chi connectivity index (χ0n) is 12.5. The molecule has 4 aliphatic carbocycles. The highest BCUT2D eigenvalue weighted by Crippen LogP contribution is 2.55. The third-order valence-corrected chi connectivity index (χ3v) is 6.18. The van der Waals surface area contributed by atoms with Crippen molar-refractivity contribution < 1.29 is 0 Å². The maximum atomic E-state index is 4.51. The Bertz CT molecular complexity index is 637. The van der Waals surface area contributed by atoms with Gasteiger partial charge in [0.05, 0.1) is 11.9 Å². The summed E-state index contributed by atoms with van der Waals surface area (Å²) in [6.45, 7) is 0.956. The van der Waals surface area contributed by atoms with Crippen molar-refractivity contribution in [1.29, 1.82) is 0 Å². The molecule has 0 atom stereocenters. The van der Waals surface area contributed by atoms with E-state index in [1.165, 1.54) is 44.2 Å². The van der Waals surface area contributed by atoms with Gasteiger partial charge in [-0.3, -0.25) is 0 Å². The van der Waals surface area contributed by atoms with E-state index in [1.54, 1.807) is 0 Å². The van der Waals surface area contributed by atoms with Gasteiger partial charge in [0.1, 0.15) is 5.65 Å². The third kappa shape index (κ3) is 1.94. The maximum absolute atomic E-state index is 4.51. The molecule has 2 aromatic rings. The molecule has 3 nitrogen and oxygen atoms in total. The Morgan fingerprint density at radius 2 is 1.81 bits per heavy atom. The lowest BCUT2D eigenvalue weighted by Crippen LogP contribution is -2.58. The van der Waals surface area contributed by atoms with E-state index in [9.17, 15) is 0 Å². The molecule has 0 saturated heterocycles. The van der Waals surface area contributed by atoms with Crippen molar-refractivity contribution in [2.45, 2.75) is 50.6 Å². The fourth-order valence-corrected chi connectivity index (χ4v) is 5.72. The van der Waals surface area contributed by atoms with E-state index in [1.807, 2.05) is 6.20 Å². The first-order chi connectivity index (χ1) is 10.3. The predicted octanol–water partition coefficient (Wildman–Crippen LogP) is 3.39. The van der Waals surface area contributed by atoms with Gasteiger partial charge < -0.3 is 9.72 Å². The average Bonchev–Trinajstić information content (AvgIpc) is 2.87. The Balaban J connectivity index is 1.38. The van der Waals surface area contributed by atoms with E-state index in [2.05, 4.69) is 39.1 Å². The van der Waals surface area contributed by atoms with Gasteiger partial charge in [0.15, 0.2) is 0 Å². The van der Waals surface area contributed by atoms with Crippen LogP contribution in [0.5, 0.6) is 0 Å². The smallest absolute Gasteiger partial charge is 0.136 e. The van der Waals surface area contributed by atoms with Crippen molar-refractivity contribution in [2.75, 3.05) is 0 Å². The van der Waals surface area contributed by atoms with Gasteiger partial charge in [-0.15, -0.1) is 0 Å². The molecule has 110 valence electrons. The molecule has 0 aromatic carbocycles. The molecule has 3 heteroatoms. The summed E-state index contributed by atoms with van der Waals surface area (Å²) < 4.78 is 2.22.